The highest BCUT2D eigenvalue weighted by Crippen LogP contribution is 2.37. The number of alkyl halides is 3. The summed E-state index contributed by atoms with van der Waals surface area (Å²) in [5.74, 6) is -1.99. The number of anilines is 1. The van der Waals surface area contributed by atoms with Crippen LogP contribution in [0.15, 0.2) is 42.5 Å². The number of benzene rings is 2. The molecule has 0 unspecified atom stereocenters. The number of nitrogens with zero attached hydrogens (tertiary/aromatic N) is 2. The minimum absolute atomic E-state index is 0.0695. The lowest BCUT2D eigenvalue weighted by Crippen LogP contribution is -2.25. The number of carbonyl (C=O) groups is 1. The Bertz CT molecular complexity index is 1070. The number of hydrogen-bond donors (Lipinski definition) is 1. The van der Waals surface area contributed by atoms with Crippen molar-refractivity contribution < 1.29 is 31.5 Å². The molecule has 2 aromatic carbocycles. The zero-order valence-corrected chi connectivity index (χ0v) is 13.8. The first-order valence-electron chi connectivity index (χ1n) is 7.91. The Morgan fingerprint density at radius 1 is 1.04 bits per heavy atom. The van der Waals surface area contributed by atoms with Gasteiger partial charge in [0.05, 0.1) is 17.1 Å². The normalized spacial score (nSPS) is 13.7. The third-order valence-electron chi connectivity index (χ3n) is 4.00. The maximum Gasteiger partial charge on any atom is 0.435 e. The van der Waals surface area contributed by atoms with Crippen LogP contribution in [0, 0.1) is 11.6 Å². The fourth-order valence-electron chi connectivity index (χ4n) is 2.83. The fraction of sp³-hybridized carbons (Fsp3) is 0.111. The predicted octanol–water partition coefficient (Wildman–Crippen LogP) is 4.17. The lowest BCUT2D eigenvalue weighted by Gasteiger charge is -2.18. The summed E-state index contributed by atoms with van der Waals surface area (Å²) in [6.07, 6.45) is -4.77. The highest BCUT2D eigenvalue weighted by atomic mass is 19.4. The van der Waals surface area contributed by atoms with Crippen LogP contribution in [0.3, 0.4) is 0 Å². The molecule has 0 radical (unpaired) electrons. The van der Waals surface area contributed by atoms with Crippen LogP contribution in [0.2, 0.25) is 0 Å². The zero-order valence-electron chi connectivity index (χ0n) is 13.8. The van der Waals surface area contributed by atoms with Crippen LogP contribution >= 0.6 is 0 Å². The molecule has 1 N–H and O–H groups in total. The van der Waals surface area contributed by atoms with Crippen LogP contribution in [0.1, 0.15) is 5.69 Å². The minimum Gasteiger partial charge on any atom is -0.482 e. The van der Waals surface area contributed by atoms with E-state index in [9.17, 15) is 26.7 Å². The molecule has 0 aliphatic carbocycles. The van der Waals surface area contributed by atoms with Gasteiger partial charge in [-0.25, -0.2) is 13.5 Å². The zero-order chi connectivity index (χ0) is 20.1. The molecule has 5 nitrogen and oxygen atoms in total. The van der Waals surface area contributed by atoms with Crippen molar-refractivity contribution in [1.82, 2.24) is 9.78 Å². The highest BCUT2D eigenvalue weighted by Gasteiger charge is 2.35. The van der Waals surface area contributed by atoms with Gasteiger partial charge in [-0.3, -0.25) is 4.79 Å². The van der Waals surface area contributed by atoms with Crippen molar-refractivity contribution >= 4 is 11.6 Å². The first kappa shape index (κ1) is 18.0. The van der Waals surface area contributed by atoms with Gasteiger partial charge in [0.15, 0.2) is 12.3 Å². The molecule has 3 aromatic rings. The number of ether oxygens (including phenoxy) is 1. The van der Waals surface area contributed by atoms with E-state index in [1.807, 2.05) is 0 Å². The molecule has 4 rings (SSSR count). The van der Waals surface area contributed by atoms with E-state index in [2.05, 4.69) is 10.4 Å². The Hall–Kier alpha value is -3.43. The van der Waals surface area contributed by atoms with E-state index in [-0.39, 0.29) is 29.2 Å². The van der Waals surface area contributed by atoms with Gasteiger partial charge in [-0.2, -0.15) is 18.3 Å². The summed E-state index contributed by atoms with van der Waals surface area (Å²) in [6.45, 7) is -0.176. The molecule has 0 saturated carbocycles. The van der Waals surface area contributed by atoms with Gasteiger partial charge < -0.3 is 10.1 Å². The molecule has 1 amide bonds. The molecule has 0 spiro atoms. The van der Waals surface area contributed by atoms with Crippen molar-refractivity contribution in [2.45, 2.75) is 6.18 Å². The first-order chi connectivity index (χ1) is 13.2. The molecule has 10 heteroatoms. The van der Waals surface area contributed by atoms with Gasteiger partial charge in [-0.15, -0.1) is 0 Å². The summed E-state index contributed by atoms with van der Waals surface area (Å²) in [4.78, 5) is 11.5. The summed E-state index contributed by atoms with van der Waals surface area (Å²) in [5.41, 5.74) is -1.02. The van der Waals surface area contributed by atoms with E-state index in [1.165, 1.54) is 18.2 Å². The molecule has 28 heavy (non-hydrogen) atoms. The molecule has 2 heterocycles. The molecular formula is C18H10F5N3O2. The summed E-state index contributed by atoms with van der Waals surface area (Å²) in [7, 11) is 0. The van der Waals surface area contributed by atoms with Crippen LogP contribution in [-0.2, 0) is 11.0 Å². The van der Waals surface area contributed by atoms with Gasteiger partial charge in [0.25, 0.3) is 5.91 Å². The van der Waals surface area contributed by atoms with Crippen LogP contribution in [0.4, 0.5) is 27.6 Å². The highest BCUT2D eigenvalue weighted by molar-refractivity contribution is 5.96. The second kappa shape index (κ2) is 6.32. The number of amides is 1. The largest absolute Gasteiger partial charge is 0.482 e. The molecule has 1 aliphatic rings. The van der Waals surface area contributed by atoms with Crippen LogP contribution in [-0.4, -0.2) is 22.3 Å². The van der Waals surface area contributed by atoms with Gasteiger partial charge in [-0.1, -0.05) is 0 Å². The van der Waals surface area contributed by atoms with Gasteiger partial charge in [-0.05, 0) is 36.4 Å². The lowest BCUT2D eigenvalue weighted by atomic mass is 10.1. The van der Waals surface area contributed by atoms with Gasteiger partial charge >= 0.3 is 6.18 Å². The number of nitrogens with one attached hydrogen (secondary N) is 1. The number of aromatic nitrogens is 2. The van der Waals surface area contributed by atoms with Crippen molar-refractivity contribution in [2.24, 2.45) is 0 Å². The average Bonchev–Trinajstić information content (AvgIpc) is 3.06. The Kier molecular flexibility index (Phi) is 4.06. The molecule has 0 bridgehead atoms. The second-order valence-corrected chi connectivity index (χ2v) is 6.00. The SMILES string of the molecule is O=C1COc2ccc(-c3cc(C(F)(F)F)nn3-c3cc(F)cc(F)c3)cc2N1. The molecule has 1 aromatic heterocycles. The van der Waals surface area contributed by atoms with E-state index in [0.29, 0.717) is 11.8 Å². The monoisotopic (exact) mass is 395 g/mol. The Morgan fingerprint density at radius 3 is 2.43 bits per heavy atom. The van der Waals surface area contributed by atoms with Gasteiger partial charge in [0.1, 0.15) is 17.4 Å². The number of halogens is 5. The Labute approximate surface area is 154 Å². The van der Waals surface area contributed by atoms with E-state index >= 15 is 0 Å². The topological polar surface area (TPSA) is 56.1 Å². The van der Waals surface area contributed by atoms with Crippen molar-refractivity contribution in [3.63, 3.8) is 0 Å². The molecule has 1 aliphatic heterocycles. The summed E-state index contributed by atoms with van der Waals surface area (Å²) in [5, 5.41) is 6.03. The summed E-state index contributed by atoms with van der Waals surface area (Å²) < 4.78 is 72.8. The number of hydrogen-bond acceptors (Lipinski definition) is 3. The number of carbonyl (C=O) groups excluding carboxylic acids is 1. The summed E-state index contributed by atoms with van der Waals surface area (Å²) in [6, 6.07) is 7.42. The number of fused-ring (bicyclic) bond motifs is 1. The lowest BCUT2D eigenvalue weighted by molar-refractivity contribution is -0.141. The maximum absolute atomic E-state index is 13.6. The van der Waals surface area contributed by atoms with Crippen LogP contribution in [0.25, 0.3) is 16.9 Å². The van der Waals surface area contributed by atoms with E-state index in [4.69, 9.17) is 4.74 Å². The Morgan fingerprint density at radius 2 is 1.75 bits per heavy atom. The van der Waals surface area contributed by atoms with Crippen LogP contribution in [0.5, 0.6) is 5.75 Å². The molecular weight excluding hydrogens is 385 g/mol. The number of rotatable bonds is 2. The van der Waals surface area contributed by atoms with Gasteiger partial charge in [0.2, 0.25) is 0 Å². The smallest absolute Gasteiger partial charge is 0.435 e. The van der Waals surface area contributed by atoms with Crippen molar-refractivity contribution in [2.75, 3.05) is 11.9 Å². The molecule has 0 atom stereocenters. The van der Waals surface area contributed by atoms with Crippen LogP contribution < -0.4 is 10.1 Å². The fourth-order valence-corrected chi connectivity index (χ4v) is 2.83. The molecule has 144 valence electrons. The van der Waals surface area contributed by atoms with E-state index in [0.717, 1.165) is 22.9 Å². The third kappa shape index (κ3) is 3.28. The molecule has 0 saturated heterocycles. The summed E-state index contributed by atoms with van der Waals surface area (Å²) >= 11 is 0. The minimum atomic E-state index is -4.77. The quantitative estimate of drug-likeness (QED) is 0.663. The first-order valence-corrected chi connectivity index (χ1v) is 7.91. The second-order valence-electron chi connectivity index (χ2n) is 6.00. The third-order valence-corrected chi connectivity index (χ3v) is 4.00. The van der Waals surface area contributed by atoms with Crippen molar-refractivity contribution in [3.05, 3.63) is 59.8 Å². The Balaban J connectivity index is 1.90. The standard InChI is InChI=1S/C18H10F5N3O2/c19-10-4-11(20)6-12(5-10)26-14(7-16(25-26)18(21,22)23)9-1-2-15-13(3-9)24-17(27)8-28-15/h1-7H,8H2,(H,24,27). The van der Waals surface area contributed by atoms with Crippen molar-refractivity contribution in [3.8, 4) is 22.7 Å². The molecule has 0 fully saturated rings. The van der Waals surface area contributed by atoms with E-state index < -0.39 is 29.4 Å². The van der Waals surface area contributed by atoms with E-state index in [1.54, 1.807) is 0 Å². The van der Waals surface area contributed by atoms with Crippen molar-refractivity contribution in [1.29, 1.82) is 0 Å². The van der Waals surface area contributed by atoms with Gasteiger partial charge in [0, 0.05) is 11.6 Å². The maximum atomic E-state index is 13.6. The average molecular weight is 395 g/mol. The predicted molar refractivity (Wildman–Crippen MR) is 88.0 cm³/mol.